The lowest BCUT2D eigenvalue weighted by molar-refractivity contribution is -0.161. The summed E-state index contributed by atoms with van der Waals surface area (Å²) in [7, 11) is 0. The summed E-state index contributed by atoms with van der Waals surface area (Å²) >= 11 is 5.85. The number of amides is 1. The van der Waals surface area contributed by atoms with Gasteiger partial charge in [0.1, 0.15) is 18.4 Å². The lowest BCUT2D eigenvalue weighted by Gasteiger charge is -2.39. The molecule has 0 spiro atoms. The van der Waals surface area contributed by atoms with Crippen LogP contribution in [0.3, 0.4) is 0 Å². The molecule has 0 saturated carbocycles. The number of rotatable bonds is 6. The van der Waals surface area contributed by atoms with Gasteiger partial charge >= 0.3 is 5.97 Å². The molecule has 1 aliphatic rings. The average Bonchev–Trinajstić information content (AvgIpc) is 3.16. The summed E-state index contributed by atoms with van der Waals surface area (Å²) < 4.78 is 7.38. The van der Waals surface area contributed by atoms with E-state index in [4.69, 9.17) is 16.3 Å². The number of carbonyl (C=O) groups excluding carboxylic acids is 1. The van der Waals surface area contributed by atoms with Gasteiger partial charge < -0.3 is 14.7 Å². The first kappa shape index (κ1) is 18.2. The molecule has 0 aliphatic carbocycles. The lowest BCUT2D eigenvalue weighted by atomic mass is 9.91. The third-order valence-electron chi connectivity index (χ3n) is 4.46. The first-order valence-corrected chi connectivity index (χ1v) is 8.64. The van der Waals surface area contributed by atoms with Crippen LogP contribution in [0, 0.1) is 0 Å². The molecule has 2 aromatic rings. The number of aliphatic carboxylic acids is 1. The van der Waals surface area contributed by atoms with Crippen LogP contribution < -0.4 is 4.74 Å². The first-order chi connectivity index (χ1) is 12.5. The van der Waals surface area contributed by atoms with Crippen LogP contribution in [0.5, 0.6) is 5.75 Å². The fourth-order valence-electron chi connectivity index (χ4n) is 2.92. The van der Waals surface area contributed by atoms with Crippen molar-refractivity contribution >= 4 is 23.5 Å². The van der Waals surface area contributed by atoms with Crippen molar-refractivity contribution in [2.24, 2.45) is 0 Å². The lowest BCUT2D eigenvalue weighted by Crippen LogP contribution is -2.54. The van der Waals surface area contributed by atoms with E-state index in [1.54, 1.807) is 40.2 Å². The largest absolute Gasteiger partial charge is 0.478 e. The maximum atomic E-state index is 12.3. The van der Waals surface area contributed by atoms with Crippen LogP contribution in [0.2, 0.25) is 5.02 Å². The highest BCUT2D eigenvalue weighted by molar-refractivity contribution is 6.30. The zero-order chi connectivity index (χ0) is 18.6. The molecule has 138 valence electrons. The van der Waals surface area contributed by atoms with Crippen LogP contribution in [0.25, 0.3) is 0 Å². The second-order valence-corrected chi connectivity index (χ2v) is 6.58. The van der Waals surface area contributed by atoms with E-state index in [-0.39, 0.29) is 18.7 Å². The Morgan fingerprint density at radius 2 is 1.92 bits per heavy atom. The number of carboxylic acids is 1. The van der Waals surface area contributed by atoms with E-state index in [0.29, 0.717) is 36.8 Å². The summed E-state index contributed by atoms with van der Waals surface area (Å²) in [5.74, 6) is -0.615. The Labute approximate surface area is 155 Å². The van der Waals surface area contributed by atoms with E-state index in [0.717, 1.165) is 0 Å². The number of aromatic nitrogens is 3. The Bertz CT molecular complexity index is 756. The van der Waals surface area contributed by atoms with Gasteiger partial charge in [-0.15, -0.1) is 0 Å². The Morgan fingerprint density at radius 3 is 2.50 bits per heavy atom. The molecular formula is C17H19ClN4O4. The number of ether oxygens (including phenoxy) is 1. The monoisotopic (exact) mass is 378 g/mol. The number of hydrogen-bond acceptors (Lipinski definition) is 5. The van der Waals surface area contributed by atoms with Crippen molar-refractivity contribution in [1.29, 1.82) is 0 Å². The summed E-state index contributed by atoms with van der Waals surface area (Å²) in [6.07, 6.45) is 3.71. The third kappa shape index (κ3) is 4.13. The summed E-state index contributed by atoms with van der Waals surface area (Å²) in [5.41, 5.74) is -1.34. The topological polar surface area (TPSA) is 97.5 Å². The molecular weight excluding hydrogens is 360 g/mol. The number of aryl methyl sites for hydroxylation is 1. The number of piperidine rings is 1. The molecule has 1 amide bonds. The number of halogens is 1. The maximum absolute atomic E-state index is 12.3. The van der Waals surface area contributed by atoms with Crippen LogP contribution >= 0.6 is 11.6 Å². The van der Waals surface area contributed by atoms with Gasteiger partial charge in [0.2, 0.25) is 11.5 Å². The highest BCUT2D eigenvalue weighted by Gasteiger charge is 2.44. The van der Waals surface area contributed by atoms with Crippen LogP contribution in [-0.4, -0.2) is 55.3 Å². The molecule has 2 heterocycles. The van der Waals surface area contributed by atoms with Crippen molar-refractivity contribution in [2.45, 2.75) is 31.4 Å². The van der Waals surface area contributed by atoms with Gasteiger partial charge in [0.25, 0.3) is 0 Å². The van der Waals surface area contributed by atoms with E-state index in [1.165, 1.54) is 6.33 Å². The number of carbonyl (C=O) groups is 2. The highest BCUT2D eigenvalue weighted by Crippen LogP contribution is 2.30. The zero-order valence-corrected chi connectivity index (χ0v) is 14.8. The van der Waals surface area contributed by atoms with Gasteiger partial charge in [0, 0.05) is 37.4 Å². The first-order valence-electron chi connectivity index (χ1n) is 8.27. The minimum absolute atomic E-state index is 0.0361. The Hall–Kier alpha value is -2.61. The SMILES string of the molecule is O=C(CCn1cncn1)N1CCC(Oc2ccc(Cl)cc2)(C(=O)O)CC1. The Kier molecular flexibility index (Phi) is 5.41. The summed E-state index contributed by atoms with van der Waals surface area (Å²) in [4.78, 5) is 29.7. The van der Waals surface area contributed by atoms with Crippen LogP contribution in [0.1, 0.15) is 19.3 Å². The highest BCUT2D eigenvalue weighted by atomic mass is 35.5. The van der Waals surface area contributed by atoms with Gasteiger partial charge in [0.15, 0.2) is 0 Å². The third-order valence-corrected chi connectivity index (χ3v) is 4.71. The second-order valence-electron chi connectivity index (χ2n) is 6.14. The van der Waals surface area contributed by atoms with E-state index >= 15 is 0 Å². The van der Waals surface area contributed by atoms with Crippen molar-refractivity contribution in [3.8, 4) is 5.75 Å². The Morgan fingerprint density at radius 1 is 1.23 bits per heavy atom. The molecule has 0 bridgehead atoms. The molecule has 26 heavy (non-hydrogen) atoms. The van der Waals surface area contributed by atoms with E-state index in [1.807, 2.05) is 0 Å². The molecule has 1 fully saturated rings. The average molecular weight is 379 g/mol. The summed E-state index contributed by atoms with van der Waals surface area (Å²) in [5, 5.41) is 14.2. The van der Waals surface area contributed by atoms with Crippen molar-refractivity contribution in [3.05, 3.63) is 41.9 Å². The zero-order valence-electron chi connectivity index (χ0n) is 14.0. The number of hydrogen-bond donors (Lipinski definition) is 1. The van der Waals surface area contributed by atoms with Gasteiger partial charge in [-0.3, -0.25) is 9.48 Å². The number of nitrogens with zero attached hydrogens (tertiary/aromatic N) is 4. The fourth-order valence-corrected chi connectivity index (χ4v) is 3.05. The molecule has 3 rings (SSSR count). The van der Waals surface area contributed by atoms with Gasteiger partial charge in [-0.25, -0.2) is 9.78 Å². The molecule has 1 saturated heterocycles. The number of carboxylic acid groups (broad SMARTS) is 1. The molecule has 1 N–H and O–H groups in total. The van der Waals surface area contributed by atoms with Crippen LogP contribution in [0.15, 0.2) is 36.9 Å². The van der Waals surface area contributed by atoms with Crippen molar-refractivity contribution in [1.82, 2.24) is 19.7 Å². The number of benzene rings is 1. The minimum Gasteiger partial charge on any atom is -0.478 e. The predicted octanol–water partition coefficient (Wildman–Crippen LogP) is 1.85. The molecule has 0 atom stereocenters. The van der Waals surface area contributed by atoms with Gasteiger partial charge in [0.05, 0.1) is 6.54 Å². The summed E-state index contributed by atoms with van der Waals surface area (Å²) in [6, 6.07) is 6.58. The quantitative estimate of drug-likeness (QED) is 0.823. The summed E-state index contributed by atoms with van der Waals surface area (Å²) in [6.45, 7) is 1.10. The molecule has 1 aromatic heterocycles. The predicted molar refractivity (Wildman–Crippen MR) is 92.9 cm³/mol. The van der Waals surface area contributed by atoms with Crippen molar-refractivity contribution < 1.29 is 19.4 Å². The number of likely N-dealkylation sites (tertiary alicyclic amines) is 1. The maximum Gasteiger partial charge on any atom is 0.348 e. The van der Waals surface area contributed by atoms with Crippen molar-refractivity contribution in [2.75, 3.05) is 13.1 Å². The molecule has 8 nitrogen and oxygen atoms in total. The molecule has 9 heteroatoms. The normalized spacial score (nSPS) is 16.3. The van der Waals surface area contributed by atoms with Gasteiger partial charge in [-0.2, -0.15) is 5.10 Å². The second kappa shape index (κ2) is 7.74. The van der Waals surface area contributed by atoms with E-state index < -0.39 is 11.6 Å². The molecule has 0 radical (unpaired) electrons. The minimum atomic E-state index is -1.34. The Balaban J connectivity index is 1.59. The smallest absolute Gasteiger partial charge is 0.348 e. The van der Waals surface area contributed by atoms with Gasteiger partial charge in [-0.1, -0.05) is 11.6 Å². The van der Waals surface area contributed by atoms with Crippen LogP contribution in [-0.2, 0) is 16.1 Å². The van der Waals surface area contributed by atoms with Gasteiger partial charge in [-0.05, 0) is 24.3 Å². The van der Waals surface area contributed by atoms with E-state index in [2.05, 4.69) is 10.1 Å². The molecule has 0 unspecified atom stereocenters. The van der Waals surface area contributed by atoms with Crippen LogP contribution in [0.4, 0.5) is 0 Å². The van der Waals surface area contributed by atoms with Crippen molar-refractivity contribution in [3.63, 3.8) is 0 Å². The van der Waals surface area contributed by atoms with E-state index in [9.17, 15) is 14.7 Å². The fraction of sp³-hybridized carbons (Fsp3) is 0.412. The molecule has 1 aliphatic heterocycles. The molecule has 1 aromatic carbocycles. The standard InChI is InChI=1S/C17H19ClN4O4/c18-13-1-3-14(4-2-13)26-17(16(24)25)6-9-21(10-7-17)15(23)5-8-22-12-19-11-20-22/h1-4,11-12H,5-10H2,(H,24,25).